The van der Waals surface area contributed by atoms with E-state index in [0.29, 0.717) is 23.6 Å². The number of fused-ring (bicyclic) bond motifs is 1. The van der Waals surface area contributed by atoms with Crippen LogP contribution in [0.5, 0.6) is 5.75 Å². The monoisotopic (exact) mass is 358 g/mol. The molecule has 1 aromatic heterocycles. The van der Waals surface area contributed by atoms with Crippen LogP contribution in [0.4, 0.5) is 0 Å². The second kappa shape index (κ2) is 7.33. The molecule has 0 aliphatic carbocycles. The zero-order valence-corrected chi connectivity index (χ0v) is 14.8. The molecule has 0 unspecified atom stereocenters. The fourth-order valence-electron chi connectivity index (χ4n) is 2.80. The summed E-state index contributed by atoms with van der Waals surface area (Å²) in [6.45, 7) is 0.457. The molecule has 0 saturated carbocycles. The third kappa shape index (κ3) is 3.67. The summed E-state index contributed by atoms with van der Waals surface area (Å²) in [6, 6.07) is 22.5. The van der Waals surface area contributed by atoms with Crippen LogP contribution in [0.1, 0.15) is 15.9 Å². The number of oxazole rings is 1. The number of amides is 1. The van der Waals surface area contributed by atoms with Crippen molar-refractivity contribution >= 4 is 17.0 Å². The number of nitrogens with one attached hydrogen (secondary N) is 1. The average Bonchev–Trinajstić information content (AvgIpc) is 3.16. The first-order valence-electron chi connectivity index (χ1n) is 8.60. The number of carbonyl (C=O) groups is 1. The van der Waals surface area contributed by atoms with Gasteiger partial charge in [0.15, 0.2) is 5.58 Å². The molecule has 27 heavy (non-hydrogen) atoms. The lowest BCUT2D eigenvalue weighted by Crippen LogP contribution is -2.22. The molecule has 5 heteroatoms. The Balaban J connectivity index is 1.46. The van der Waals surface area contributed by atoms with Crippen molar-refractivity contribution in [2.24, 2.45) is 0 Å². The van der Waals surface area contributed by atoms with Crippen molar-refractivity contribution < 1.29 is 13.9 Å². The van der Waals surface area contributed by atoms with Gasteiger partial charge in [0.2, 0.25) is 5.89 Å². The second-order valence-corrected chi connectivity index (χ2v) is 6.10. The van der Waals surface area contributed by atoms with Gasteiger partial charge in [0.25, 0.3) is 5.91 Å². The van der Waals surface area contributed by atoms with E-state index in [1.165, 1.54) is 0 Å². The van der Waals surface area contributed by atoms with Gasteiger partial charge in [-0.2, -0.15) is 0 Å². The molecule has 4 rings (SSSR count). The van der Waals surface area contributed by atoms with Crippen LogP contribution in [0.2, 0.25) is 0 Å². The lowest BCUT2D eigenvalue weighted by atomic mass is 10.1. The summed E-state index contributed by atoms with van der Waals surface area (Å²) in [5, 5.41) is 2.92. The predicted molar refractivity (Wildman–Crippen MR) is 104 cm³/mol. The van der Waals surface area contributed by atoms with Crippen LogP contribution >= 0.6 is 0 Å². The molecule has 0 spiro atoms. The summed E-state index contributed by atoms with van der Waals surface area (Å²) in [5.41, 5.74) is 3.99. The summed E-state index contributed by atoms with van der Waals surface area (Å²) in [7, 11) is 1.62. The van der Waals surface area contributed by atoms with Crippen LogP contribution in [0.25, 0.3) is 22.6 Å². The highest BCUT2D eigenvalue weighted by Gasteiger charge is 2.10. The van der Waals surface area contributed by atoms with Gasteiger partial charge in [-0.15, -0.1) is 0 Å². The van der Waals surface area contributed by atoms with Crippen LogP contribution in [0.3, 0.4) is 0 Å². The molecule has 1 heterocycles. The summed E-state index contributed by atoms with van der Waals surface area (Å²) in [5.74, 6) is 1.21. The Kier molecular flexibility index (Phi) is 4.58. The third-order valence-electron chi connectivity index (χ3n) is 4.28. The SMILES string of the molecule is COc1ccc2oc(-c3ccc(CNC(=O)c4ccccc4)cc3)nc2c1. The summed E-state index contributed by atoms with van der Waals surface area (Å²) < 4.78 is 11.0. The molecular weight excluding hydrogens is 340 g/mol. The molecular formula is C22H18N2O3. The number of ether oxygens (including phenoxy) is 1. The van der Waals surface area contributed by atoms with Crippen molar-refractivity contribution in [3.63, 3.8) is 0 Å². The molecule has 134 valence electrons. The van der Waals surface area contributed by atoms with Gasteiger partial charge in [0, 0.05) is 23.7 Å². The molecule has 0 aliphatic rings. The smallest absolute Gasteiger partial charge is 0.251 e. The first-order valence-corrected chi connectivity index (χ1v) is 8.60. The van der Waals surface area contributed by atoms with Crippen molar-refractivity contribution in [2.45, 2.75) is 6.54 Å². The Bertz CT molecular complexity index is 1070. The van der Waals surface area contributed by atoms with Crippen LogP contribution in [0.15, 0.2) is 77.2 Å². The summed E-state index contributed by atoms with van der Waals surface area (Å²) in [4.78, 5) is 16.6. The van der Waals surface area contributed by atoms with E-state index in [-0.39, 0.29) is 5.91 Å². The first kappa shape index (κ1) is 16.8. The molecule has 1 amide bonds. The van der Waals surface area contributed by atoms with E-state index in [1.54, 1.807) is 19.2 Å². The number of aromatic nitrogens is 1. The lowest BCUT2D eigenvalue weighted by Gasteiger charge is -2.06. The Morgan fingerprint density at radius 3 is 2.56 bits per heavy atom. The highest BCUT2D eigenvalue weighted by Crippen LogP contribution is 2.27. The second-order valence-electron chi connectivity index (χ2n) is 6.10. The van der Waals surface area contributed by atoms with Crippen LogP contribution < -0.4 is 10.1 Å². The van der Waals surface area contributed by atoms with Crippen LogP contribution in [-0.2, 0) is 6.54 Å². The molecule has 0 fully saturated rings. The van der Waals surface area contributed by atoms with Gasteiger partial charge < -0.3 is 14.5 Å². The van der Waals surface area contributed by atoms with E-state index in [4.69, 9.17) is 9.15 Å². The Morgan fingerprint density at radius 1 is 1.04 bits per heavy atom. The largest absolute Gasteiger partial charge is 0.497 e. The molecule has 0 saturated heterocycles. The predicted octanol–water partition coefficient (Wildman–Crippen LogP) is 4.43. The van der Waals surface area contributed by atoms with Gasteiger partial charge in [0.05, 0.1) is 7.11 Å². The molecule has 3 aromatic carbocycles. The Morgan fingerprint density at radius 2 is 1.81 bits per heavy atom. The highest BCUT2D eigenvalue weighted by molar-refractivity contribution is 5.94. The van der Waals surface area contributed by atoms with Gasteiger partial charge in [-0.1, -0.05) is 30.3 Å². The average molecular weight is 358 g/mol. The number of nitrogens with zero attached hydrogens (tertiary/aromatic N) is 1. The highest BCUT2D eigenvalue weighted by atomic mass is 16.5. The van der Waals surface area contributed by atoms with Crippen molar-refractivity contribution in [2.75, 3.05) is 7.11 Å². The van der Waals surface area contributed by atoms with Crippen molar-refractivity contribution in [3.8, 4) is 17.2 Å². The van der Waals surface area contributed by atoms with E-state index >= 15 is 0 Å². The van der Waals surface area contributed by atoms with Crippen LogP contribution in [0, 0.1) is 0 Å². The molecule has 0 bridgehead atoms. The molecule has 1 N–H and O–H groups in total. The maximum absolute atomic E-state index is 12.1. The number of methoxy groups -OCH3 is 1. The number of carbonyl (C=O) groups excluding carboxylic acids is 1. The molecule has 4 aromatic rings. The molecule has 0 radical (unpaired) electrons. The normalized spacial score (nSPS) is 10.7. The molecule has 0 atom stereocenters. The quantitative estimate of drug-likeness (QED) is 0.573. The number of hydrogen-bond donors (Lipinski definition) is 1. The molecule has 0 aliphatic heterocycles. The van der Waals surface area contributed by atoms with Gasteiger partial charge in [-0.3, -0.25) is 4.79 Å². The number of rotatable bonds is 5. The van der Waals surface area contributed by atoms with Crippen molar-refractivity contribution in [1.29, 1.82) is 0 Å². The summed E-state index contributed by atoms with van der Waals surface area (Å²) >= 11 is 0. The number of hydrogen-bond acceptors (Lipinski definition) is 4. The minimum atomic E-state index is -0.0902. The van der Waals surface area contributed by atoms with Crippen molar-refractivity contribution in [3.05, 3.63) is 83.9 Å². The van der Waals surface area contributed by atoms with E-state index < -0.39 is 0 Å². The number of benzene rings is 3. The summed E-state index contributed by atoms with van der Waals surface area (Å²) in [6.07, 6.45) is 0. The maximum atomic E-state index is 12.1. The standard InChI is InChI=1S/C22H18N2O3/c1-26-18-11-12-20-19(13-18)24-22(27-20)17-9-7-15(8-10-17)14-23-21(25)16-5-3-2-4-6-16/h2-13H,14H2,1H3,(H,23,25). The van der Waals surface area contributed by atoms with Gasteiger partial charge in [-0.05, 0) is 42.0 Å². The Hall–Kier alpha value is -3.60. The zero-order chi connectivity index (χ0) is 18.6. The van der Waals surface area contributed by atoms with Gasteiger partial charge >= 0.3 is 0 Å². The lowest BCUT2D eigenvalue weighted by molar-refractivity contribution is 0.0951. The van der Waals surface area contributed by atoms with Crippen LogP contribution in [-0.4, -0.2) is 18.0 Å². The topological polar surface area (TPSA) is 64.4 Å². The van der Waals surface area contributed by atoms with E-state index in [9.17, 15) is 4.79 Å². The van der Waals surface area contributed by atoms with E-state index in [1.807, 2.05) is 60.7 Å². The van der Waals surface area contributed by atoms with Gasteiger partial charge in [0.1, 0.15) is 11.3 Å². The third-order valence-corrected chi connectivity index (χ3v) is 4.28. The fourth-order valence-corrected chi connectivity index (χ4v) is 2.80. The minimum Gasteiger partial charge on any atom is -0.497 e. The zero-order valence-electron chi connectivity index (χ0n) is 14.8. The van der Waals surface area contributed by atoms with Crippen molar-refractivity contribution in [1.82, 2.24) is 10.3 Å². The van der Waals surface area contributed by atoms with E-state index in [2.05, 4.69) is 10.3 Å². The fraction of sp³-hybridized carbons (Fsp3) is 0.0909. The molecule has 5 nitrogen and oxygen atoms in total. The first-order chi connectivity index (χ1) is 13.2. The maximum Gasteiger partial charge on any atom is 0.251 e. The van der Waals surface area contributed by atoms with E-state index in [0.717, 1.165) is 22.4 Å². The van der Waals surface area contributed by atoms with Gasteiger partial charge in [-0.25, -0.2) is 4.98 Å². The Labute approximate surface area is 156 Å². The minimum absolute atomic E-state index is 0.0902.